The zero-order chi connectivity index (χ0) is 18.3. The van der Waals surface area contributed by atoms with Crippen LogP contribution in [0.3, 0.4) is 0 Å². The van der Waals surface area contributed by atoms with Crippen molar-refractivity contribution in [2.45, 2.75) is 24.5 Å². The fourth-order valence-electron chi connectivity index (χ4n) is 3.53. The lowest BCUT2D eigenvalue weighted by Gasteiger charge is -2.25. The van der Waals surface area contributed by atoms with Gasteiger partial charge in [0.2, 0.25) is 10.0 Å². The third-order valence-electron chi connectivity index (χ3n) is 5.09. The molecule has 1 aromatic carbocycles. The number of fused-ring (bicyclic) bond motifs is 1. The first kappa shape index (κ1) is 17.5. The van der Waals surface area contributed by atoms with E-state index in [9.17, 15) is 12.8 Å². The van der Waals surface area contributed by atoms with E-state index in [0.29, 0.717) is 25.2 Å². The third-order valence-corrected chi connectivity index (χ3v) is 7.49. The lowest BCUT2D eigenvalue weighted by molar-refractivity contribution is 0.387. The van der Waals surface area contributed by atoms with Gasteiger partial charge < -0.3 is 9.64 Å². The summed E-state index contributed by atoms with van der Waals surface area (Å²) in [5.41, 5.74) is 1.49. The number of pyridine rings is 1. The maximum absolute atomic E-state index is 14.0. The Morgan fingerprint density at radius 1 is 1.19 bits per heavy atom. The van der Waals surface area contributed by atoms with Crippen LogP contribution in [0.2, 0.25) is 0 Å². The number of halogens is 1. The van der Waals surface area contributed by atoms with Crippen LogP contribution in [0.4, 0.5) is 10.1 Å². The van der Waals surface area contributed by atoms with Gasteiger partial charge >= 0.3 is 0 Å². The summed E-state index contributed by atoms with van der Waals surface area (Å²) in [7, 11) is -1.71. The van der Waals surface area contributed by atoms with Gasteiger partial charge in [-0.25, -0.2) is 12.8 Å². The highest BCUT2D eigenvalue weighted by molar-refractivity contribution is 7.90. The monoisotopic (exact) mass is 379 g/mol. The first-order valence-electron chi connectivity index (χ1n) is 8.87. The number of ether oxygens (including phenoxy) is 1. The van der Waals surface area contributed by atoms with Gasteiger partial charge in [0, 0.05) is 49.5 Å². The minimum atomic E-state index is -3.15. The van der Waals surface area contributed by atoms with Crippen LogP contribution in [-0.4, -0.2) is 56.2 Å². The maximum atomic E-state index is 14.0. The van der Waals surface area contributed by atoms with Crippen LogP contribution in [0.1, 0.15) is 19.3 Å². The van der Waals surface area contributed by atoms with Gasteiger partial charge in [-0.05, 0) is 31.4 Å². The van der Waals surface area contributed by atoms with E-state index in [1.807, 2.05) is 6.07 Å². The van der Waals surface area contributed by atoms with Crippen molar-refractivity contribution < 1.29 is 17.5 Å². The molecule has 0 N–H and O–H groups in total. The number of rotatable bonds is 4. The van der Waals surface area contributed by atoms with Crippen molar-refractivity contribution in [3.05, 3.63) is 30.2 Å². The van der Waals surface area contributed by atoms with E-state index in [1.54, 1.807) is 16.6 Å². The molecule has 0 radical (unpaired) electrons. The molecular weight excluding hydrogens is 357 g/mol. The van der Waals surface area contributed by atoms with E-state index in [-0.39, 0.29) is 11.0 Å². The number of anilines is 1. The molecule has 0 amide bonds. The van der Waals surface area contributed by atoms with Gasteiger partial charge in [-0.3, -0.25) is 4.98 Å². The summed E-state index contributed by atoms with van der Waals surface area (Å²) in [5.74, 6) is -0.262. The van der Waals surface area contributed by atoms with E-state index >= 15 is 0 Å². The van der Waals surface area contributed by atoms with E-state index in [2.05, 4.69) is 9.88 Å². The van der Waals surface area contributed by atoms with Crippen LogP contribution in [0.15, 0.2) is 24.4 Å². The normalized spacial score (nSPS) is 19.5. The first-order chi connectivity index (χ1) is 12.5. The van der Waals surface area contributed by atoms with Gasteiger partial charge in [0.05, 0.1) is 17.9 Å². The molecule has 1 saturated heterocycles. The second-order valence-corrected chi connectivity index (χ2v) is 9.03. The van der Waals surface area contributed by atoms with Crippen LogP contribution in [0, 0.1) is 5.82 Å². The molecule has 2 fully saturated rings. The number of hydrogen-bond acceptors (Lipinski definition) is 5. The highest BCUT2D eigenvalue weighted by Gasteiger charge is 2.40. The molecule has 1 aromatic heterocycles. The molecule has 1 aliphatic heterocycles. The zero-order valence-corrected chi connectivity index (χ0v) is 15.5. The number of aromatic nitrogens is 1. The summed E-state index contributed by atoms with van der Waals surface area (Å²) in [5, 5.41) is 0.632. The smallest absolute Gasteiger partial charge is 0.217 e. The number of sulfonamides is 1. The summed E-state index contributed by atoms with van der Waals surface area (Å²) in [6, 6.07) is 4.93. The Labute approximate surface area is 152 Å². The highest BCUT2D eigenvalue weighted by Crippen LogP contribution is 2.33. The number of nitrogens with zero attached hydrogens (tertiary/aromatic N) is 3. The number of benzene rings is 1. The van der Waals surface area contributed by atoms with E-state index in [4.69, 9.17) is 4.74 Å². The van der Waals surface area contributed by atoms with Crippen molar-refractivity contribution in [2.24, 2.45) is 0 Å². The van der Waals surface area contributed by atoms with Crippen molar-refractivity contribution in [3.8, 4) is 5.75 Å². The average Bonchev–Trinajstić information content (AvgIpc) is 3.47. The molecule has 26 heavy (non-hydrogen) atoms. The molecule has 6 nitrogen and oxygen atoms in total. The predicted molar refractivity (Wildman–Crippen MR) is 98.6 cm³/mol. The lowest BCUT2D eigenvalue weighted by Crippen LogP contribution is -2.37. The molecule has 1 saturated carbocycles. The van der Waals surface area contributed by atoms with E-state index in [1.165, 1.54) is 13.2 Å². The van der Waals surface area contributed by atoms with Gasteiger partial charge in [0.25, 0.3) is 0 Å². The average molecular weight is 379 g/mol. The molecule has 0 unspecified atom stereocenters. The molecule has 8 heteroatoms. The largest absolute Gasteiger partial charge is 0.494 e. The van der Waals surface area contributed by atoms with Crippen LogP contribution >= 0.6 is 0 Å². The van der Waals surface area contributed by atoms with Crippen molar-refractivity contribution in [1.82, 2.24) is 9.29 Å². The van der Waals surface area contributed by atoms with Gasteiger partial charge in [-0.2, -0.15) is 4.31 Å². The van der Waals surface area contributed by atoms with Crippen LogP contribution in [0.25, 0.3) is 10.9 Å². The third kappa shape index (κ3) is 3.12. The molecule has 0 atom stereocenters. The van der Waals surface area contributed by atoms with Crippen LogP contribution in [0.5, 0.6) is 5.75 Å². The summed E-state index contributed by atoms with van der Waals surface area (Å²) in [4.78, 5) is 6.41. The summed E-state index contributed by atoms with van der Waals surface area (Å²) in [6.45, 7) is 2.37. The van der Waals surface area contributed by atoms with Gasteiger partial charge in [0.15, 0.2) is 11.6 Å². The predicted octanol–water partition coefficient (Wildman–Crippen LogP) is 2.39. The minimum Gasteiger partial charge on any atom is -0.494 e. The SMILES string of the molecule is COc1cc2c(N3CCCN(S(=O)(=O)C4CC4)CC3)ccnc2cc1F. The van der Waals surface area contributed by atoms with Crippen molar-refractivity contribution >= 4 is 26.6 Å². The first-order valence-corrected chi connectivity index (χ1v) is 10.4. The molecule has 2 aromatic rings. The van der Waals surface area contributed by atoms with E-state index < -0.39 is 15.8 Å². The molecule has 140 valence electrons. The second kappa shape index (κ2) is 6.66. The molecule has 1 aliphatic carbocycles. The van der Waals surface area contributed by atoms with Gasteiger partial charge in [-0.15, -0.1) is 0 Å². The Bertz CT molecular complexity index is 931. The zero-order valence-electron chi connectivity index (χ0n) is 14.7. The lowest BCUT2D eigenvalue weighted by atomic mass is 10.1. The molecule has 0 spiro atoms. The molecular formula is C18H22FN3O3S. The standard InChI is InChI=1S/C18H22FN3O3S/c1-25-18-11-14-16(12-15(18)19)20-6-5-17(14)21-7-2-8-22(10-9-21)26(23,24)13-3-4-13/h5-6,11-13H,2-4,7-10H2,1H3. The van der Waals surface area contributed by atoms with Crippen LogP contribution < -0.4 is 9.64 Å². The summed E-state index contributed by atoms with van der Waals surface area (Å²) < 4.78 is 45.7. The van der Waals surface area contributed by atoms with Gasteiger partial charge in [0.1, 0.15) is 0 Å². The molecule has 2 heterocycles. The summed E-state index contributed by atoms with van der Waals surface area (Å²) in [6.07, 6.45) is 3.98. The molecule has 4 rings (SSSR count). The fourth-order valence-corrected chi connectivity index (χ4v) is 5.40. The quantitative estimate of drug-likeness (QED) is 0.816. The van der Waals surface area contributed by atoms with E-state index in [0.717, 1.165) is 36.9 Å². The summed E-state index contributed by atoms with van der Waals surface area (Å²) >= 11 is 0. The van der Waals surface area contributed by atoms with Crippen LogP contribution in [-0.2, 0) is 10.0 Å². The van der Waals surface area contributed by atoms with Gasteiger partial charge in [-0.1, -0.05) is 0 Å². The molecule has 0 bridgehead atoms. The Kier molecular flexibility index (Phi) is 4.48. The Morgan fingerprint density at radius 3 is 2.73 bits per heavy atom. The number of hydrogen-bond donors (Lipinski definition) is 0. The Hall–Kier alpha value is -1.93. The fraction of sp³-hybridized carbons (Fsp3) is 0.500. The van der Waals surface area contributed by atoms with Crippen molar-refractivity contribution in [1.29, 1.82) is 0 Å². The van der Waals surface area contributed by atoms with Crippen molar-refractivity contribution in [3.63, 3.8) is 0 Å². The number of methoxy groups -OCH3 is 1. The Balaban J connectivity index is 1.63. The topological polar surface area (TPSA) is 62.7 Å². The Morgan fingerprint density at radius 2 is 2.00 bits per heavy atom. The second-order valence-electron chi connectivity index (χ2n) is 6.82. The molecule has 2 aliphatic rings. The maximum Gasteiger partial charge on any atom is 0.217 e. The highest BCUT2D eigenvalue weighted by atomic mass is 32.2. The minimum absolute atomic E-state index is 0.178. The van der Waals surface area contributed by atoms with Crippen molar-refractivity contribution in [2.75, 3.05) is 38.2 Å².